The Hall–Kier alpha value is -3.03. The van der Waals surface area contributed by atoms with Crippen LogP contribution in [-0.4, -0.2) is 11.9 Å². The van der Waals surface area contributed by atoms with Gasteiger partial charge < -0.3 is 16.0 Å². The zero-order valence-electron chi connectivity index (χ0n) is 14.1. The molecule has 0 spiro atoms. The third kappa shape index (κ3) is 5.51. The lowest BCUT2D eigenvalue weighted by Gasteiger charge is -2.16. The fourth-order valence-corrected chi connectivity index (χ4v) is 2.28. The number of carbonyl (C=O) groups excluding carboxylic acids is 2. The van der Waals surface area contributed by atoms with E-state index < -0.39 is 17.8 Å². The van der Waals surface area contributed by atoms with Gasteiger partial charge in [0.1, 0.15) is 0 Å². The zero-order valence-corrected chi connectivity index (χ0v) is 14.1. The van der Waals surface area contributed by atoms with E-state index in [-0.39, 0.29) is 17.6 Å². The number of nitrogens with one attached hydrogen (secondary N) is 3. The van der Waals surface area contributed by atoms with Gasteiger partial charge in [-0.1, -0.05) is 12.1 Å². The number of amides is 3. The van der Waals surface area contributed by atoms with Gasteiger partial charge >= 0.3 is 12.2 Å². The Morgan fingerprint density at radius 3 is 2.19 bits per heavy atom. The monoisotopic (exact) mass is 365 g/mol. The molecule has 3 N–H and O–H groups in total. The van der Waals surface area contributed by atoms with E-state index in [1.807, 2.05) is 0 Å². The molecular formula is C18H18F3N3O2. The van der Waals surface area contributed by atoms with Gasteiger partial charge in [0.2, 0.25) is 5.91 Å². The second-order valence-electron chi connectivity index (χ2n) is 5.70. The number of hydrogen-bond acceptors (Lipinski definition) is 2. The molecule has 26 heavy (non-hydrogen) atoms. The summed E-state index contributed by atoms with van der Waals surface area (Å²) in [5.41, 5.74) is 0.826. The molecule has 0 unspecified atom stereocenters. The third-order valence-corrected chi connectivity index (χ3v) is 3.52. The van der Waals surface area contributed by atoms with Gasteiger partial charge in [0.05, 0.1) is 11.6 Å². The zero-order chi connectivity index (χ0) is 19.3. The van der Waals surface area contributed by atoms with Crippen molar-refractivity contribution >= 4 is 23.3 Å². The highest BCUT2D eigenvalue weighted by Crippen LogP contribution is 2.29. The smallest absolute Gasteiger partial charge is 0.331 e. The highest BCUT2D eigenvalue weighted by molar-refractivity contribution is 5.90. The molecule has 0 radical (unpaired) electrons. The molecule has 0 fully saturated rings. The summed E-state index contributed by atoms with van der Waals surface area (Å²) < 4.78 is 37.6. The fraction of sp³-hybridized carbons (Fsp3) is 0.222. The Morgan fingerprint density at radius 2 is 1.62 bits per heavy atom. The molecule has 2 aromatic rings. The molecule has 5 nitrogen and oxygen atoms in total. The maximum absolute atomic E-state index is 12.5. The summed E-state index contributed by atoms with van der Waals surface area (Å²) in [6.45, 7) is 3.14. The van der Waals surface area contributed by atoms with Gasteiger partial charge in [-0.3, -0.25) is 4.79 Å². The summed E-state index contributed by atoms with van der Waals surface area (Å²) in [7, 11) is 0. The molecule has 2 aromatic carbocycles. The second-order valence-corrected chi connectivity index (χ2v) is 5.70. The number of benzene rings is 2. The summed E-state index contributed by atoms with van der Waals surface area (Å²) in [4.78, 5) is 23.1. The standard InChI is InChI=1S/C18H18F3N3O2/c1-11(13-4-3-5-16(10-13)23-12(2)25)22-17(26)24-15-8-6-14(7-9-15)18(19,20)21/h3-11H,1-2H3,(H,23,25)(H2,22,24,26)/t11-/m1/s1. The van der Waals surface area contributed by atoms with Gasteiger partial charge in [-0.15, -0.1) is 0 Å². The van der Waals surface area contributed by atoms with E-state index in [9.17, 15) is 22.8 Å². The highest BCUT2D eigenvalue weighted by Gasteiger charge is 2.30. The van der Waals surface area contributed by atoms with E-state index in [0.29, 0.717) is 5.69 Å². The van der Waals surface area contributed by atoms with Gasteiger partial charge in [0.15, 0.2) is 0 Å². The summed E-state index contributed by atoms with van der Waals surface area (Å²) in [6.07, 6.45) is -4.42. The maximum Gasteiger partial charge on any atom is 0.416 e. The van der Waals surface area contributed by atoms with Crippen molar-refractivity contribution < 1.29 is 22.8 Å². The van der Waals surface area contributed by atoms with Crippen molar-refractivity contribution in [3.63, 3.8) is 0 Å². The Balaban J connectivity index is 1.98. The maximum atomic E-state index is 12.5. The Bertz CT molecular complexity index is 789. The van der Waals surface area contributed by atoms with E-state index in [1.54, 1.807) is 31.2 Å². The van der Waals surface area contributed by atoms with Crippen LogP contribution < -0.4 is 16.0 Å². The molecule has 0 aliphatic rings. The molecule has 0 saturated carbocycles. The molecule has 0 saturated heterocycles. The molecule has 0 bridgehead atoms. The van der Waals surface area contributed by atoms with Gasteiger partial charge in [0.25, 0.3) is 0 Å². The largest absolute Gasteiger partial charge is 0.416 e. The molecule has 0 heterocycles. The molecule has 8 heteroatoms. The summed E-state index contributed by atoms with van der Waals surface area (Å²) in [5, 5.41) is 7.82. The molecule has 0 aliphatic carbocycles. The van der Waals surface area contributed by atoms with Crippen molar-refractivity contribution in [2.45, 2.75) is 26.1 Å². The summed E-state index contributed by atoms with van der Waals surface area (Å²) in [6, 6.07) is 10.2. The van der Waals surface area contributed by atoms with Crippen molar-refractivity contribution in [3.05, 3.63) is 59.7 Å². The number of urea groups is 1. The number of rotatable bonds is 4. The lowest BCUT2D eigenvalue weighted by molar-refractivity contribution is -0.137. The van der Waals surface area contributed by atoms with Crippen LogP contribution in [0.15, 0.2) is 48.5 Å². The molecule has 2 rings (SSSR count). The van der Waals surface area contributed by atoms with E-state index in [4.69, 9.17) is 0 Å². The van der Waals surface area contributed by atoms with Gasteiger partial charge in [-0.05, 0) is 48.9 Å². The van der Waals surface area contributed by atoms with Crippen LogP contribution >= 0.6 is 0 Å². The number of carbonyl (C=O) groups is 2. The molecule has 0 aliphatic heterocycles. The van der Waals surface area contributed by atoms with Crippen LogP contribution in [0.25, 0.3) is 0 Å². The predicted molar refractivity (Wildman–Crippen MR) is 92.8 cm³/mol. The van der Waals surface area contributed by atoms with Crippen molar-refractivity contribution in [2.24, 2.45) is 0 Å². The fourth-order valence-electron chi connectivity index (χ4n) is 2.28. The van der Waals surface area contributed by atoms with Crippen molar-refractivity contribution in [1.82, 2.24) is 5.32 Å². The molecule has 0 aromatic heterocycles. The SMILES string of the molecule is CC(=O)Nc1cccc([C@@H](C)NC(=O)Nc2ccc(C(F)(F)F)cc2)c1. The first kappa shape index (κ1) is 19.3. The normalized spacial score (nSPS) is 12.2. The van der Waals surface area contributed by atoms with E-state index in [0.717, 1.165) is 17.7 Å². The minimum Gasteiger partial charge on any atom is -0.331 e. The minimum atomic E-state index is -4.42. The first-order chi connectivity index (χ1) is 12.1. The summed E-state index contributed by atoms with van der Waals surface area (Å²) in [5.74, 6) is -0.206. The Kier molecular flexibility index (Phi) is 5.86. The van der Waals surface area contributed by atoms with Crippen LogP contribution in [0.4, 0.5) is 29.3 Å². The van der Waals surface area contributed by atoms with Crippen molar-refractivity contribution in [2.75, 3.05) is 10.6 Å². The molecule has 1 atom stereocenters. The average molecular weight is 365 g/mol. The first-order valence-corrected chi connectivity index (χ1v) is 7.77. The van der Waals surface area contributed by atoms with Crippen molar-refractivity contribution in [3.8, 4) is 0 Å². The number of anilines is 2. The first-order valence-electron chi connectivity index (χ1n) is 7.77. The summed E-state index contributed by atoms with van der Waals surface area (Å²) >= 11 is 0. The topological polar surface area (TPSA) is 70.2 Å². The Morgan fingerprint density at radius 1 is 0.962 bits per heavy atom. The van der Waals surface area contributed by atoms with E-state index in [1.165, 1.54) is 19.1 Å². The lowest BCUT2D eigenvalue weighted by Crippen LogP contribution is -2.31. The van der Waals surface area contributed by atoms with Crippen LogP contribution in [-0.2, 0) is 11.0 Å². The quantitative estimate of drug-likeness (QED) is 0.744. The van der Waals surface area contributed by atoms with Crippen molar-refractivity contribution in [1.29, 1.82) is 0 Å². The molecular weight excluding hydrogens is 347 g/mol. The van der Waals surface area contributed by atoms with Gasteiger partial charge in [0, 0.05) is 18.3 Å². The van der Waals surface area contributed by atoms with Crippen LogP contribution in [0.3, 0.4) is 0 Å². The van der Waals surface area contributed by atoms with Crippen LogP contribution in [0.5, 0.6) is 0 Å². The van der Waals surface area contributed by atoms with Gasteiger partial charge in [-0.2, -0.15) is 13.2 Å². The number of halogens is 3. The molecule has 3 amide bonds. The minimum absolute atomic E-state index is 0.206. The second kappa shape index (κ2) is 7.90. The van der Waals surface area contributed by atoms with Crippen LogP contribution in [0.1, 0.15) is 31.0 Å². The van der Waals surface area contributed by atoms with Crippen LogP contribution in [0, 0.1) is 0 Å². The van der Waals surface area contributed by atoms with Crippen LogP contribution in [0.2, 0.25) is 0 Å². The predicted octanol–water partition coefficient (Wildman–Crippen LogP) is 4.55. The number of hydrogen-bond donors (Lipinski definition) is 3. The van der Waals surface area contributed by atoms with Gasteiger partial charge in [-0.25, -0.2) is 4.79 Å². The number of alkyl halides is 3. The Labute approximate surface area is 148 Å². The highest BCUT2D eigenvalue weighted by atomic mass is 19.4. The average Bonchev–Trinajstić information content (AvgIpc) is 2.54. The van der Waals surface area contributed by atoms with E-state index >= 15 is 0 Å². The third-order valence-electron chi connectivity index (χ3n) is 3.52. The van der Waals surface area contributed by atoms with E-state index in [2.05, 4.69) is 16.0 Å². The molecule has 138 valence electrons. The lowest BCUT2D eigenvalue weighted by atomic mass is 10.1.